The average Bonchev–Trinajstić information content (AvgIpc) is 2.41. The van der Waals surface area contributed by atoms with E-state index in [1.54, 1.807) is 0 Å². The van der Waals surface area contributed by atoms with Crippen molar-refractivity contribution in [2.24, 2.45) is 0 Å². The lowest BCUT2D eigenvalue weighted by Gasteiger charge is -2.39. The highest BCUT2D eigenvalue weighted by atomic mass is 35.5. The molecule has 0 atom stereocenters. The zero-order valence-corrected chi connectivity index (χ0v) is 11.8. The maximum atomic E-state index is 13.3. The second-order valence-corrected chi connectivity index (χ2v) is 5.52. The zero-order valence-electron chi connectivity index (χ0n) is 11.1. The normalized spacial score (nSPS) is 17.5. The molecule has 1 aliphatic rings. The molecule has 0 amide bonds. The Morgan fingerprint density at radius 1 is 1.37 bits per heavy atom. The van der Waals surface area contributed by atoms with E-state index >= 15 is 0 Å². The minimum Gasteiger partial charge on any atom is -0.379 e. The van der Waals surface area contributed by atoms with E-state index in [1.165, 1.54) is 18.2 Å². The summed E-state index contributed by atoms with van der Waals surface area (Å²) in [6.45, 7) is 6.25. The topological polar surface area (TPSA) is 29.5 Å². The van der Waals surface area contributed by atoms with Gasteiger partial charge in [0.15, 0.2) is 5.78 Å². The molecule has 1 fully saturated rings. The van der Waals surface area contributed by atoms with Crippen molar-refractivity contribution in [1.29, 1.82) is 0 Å². The van der Waals surface area contributed by atoms with Gasteiger partial charge in [-0.15, -0.1) is 0 Å². The van der Waals surface area contributed by atoms with Gasteiger partial charge in [0.05, 0.1) is 23.8 Å². The van der Waals surface area contributed by atoms with E-state index in [0.29, 0.717) is 26.3 Å². The molecule has 0 radical (unpaired) electrons. The average molecular weight is 286 g/mol. The summed E-state index contributed by atoms with van der Waals surface area (Å²) in [5, 5.41) is 0.285. The lowest BCUT2D eigenvalue weighted by Crippen LogP contribution is -2.54. The van der Waals surface area contributed by atoms with E-state index in [2.05, 4.69) is 0 Å². The number of morpholine rings is 1. The smallest absolute Gasteiger partial charge is 0.184 e. The molecule has 0 spiro atoms. The van der Waals surface area contributed by atoms with E-state index in [0.717, 1.165) is 0 Å². The molecule has 0 N–H and O–H groups in total. The summed E-state index contributed by atoms with van der Waals surface area (Å²) in [7, 11) is 0. The zero-order chi connectivity index (χ0) is 14.0. The summed E-state index contributed by atoms with van der Waals surface area (Å²) in [6, 6.07) is 3.87. The van der Waals surface area contributed by atoms with Crippen LogP contribution in [0.15, 0.2) is 18.2 Å². The Bertz CT molecular complexity index is 484. The lowest BCUT2D eigenvalue weighted by atomic mass is 9.90. The van der Waals surface area contributed by atoms with Crippen molar-refractivity contribution in [3.63, 3.8) is 0 Å². The van der Waals surface area contributed by atoms with Crippen molar-refractivity contribution in [3.8, 4) is 0 Å². The first-order valence-corrected chi connectivity index (χ1v) is 6.63. The fourth-order valence-corrected chi connectivity index (χ4v) is 2.47. The van der Waals surface area contributed by atoms with Gasteiger partial charge in [-0.1, -0.05) is 11.6 Å². The number of carbonyl (C=O) groups excluding carboxylic acids is 1. The van der Waals surface area contributed by atoms with Gasteiger partial charge in [-0.05, 0) is 32.0 Å². The van der Waals surface area contributed by atoms with Crippen LogP contribution in [0.1, 0.15) is 24.2 Å². The van der Waals surface area contributed by atoms with Crippen LogP contribution in [0.2, 0.25) is 5.02 Å². The molecule has 0 saturated carbocycles. The summed E-state index contributed by atoms with van der Waals surface area (Å²) in [5.41, 5.74) is -0.487. The van der Waals surface area contributed by atoms with Crippen molar-refractivity contribution in [2.45, 2.75) is 19.4 Å². The molecule has 104 valence electrons. The third-order valence-corrected chi connectivity index (χ3v) is 3.86. The Hall–Kier alpha value is -0.970. The molecule has 1 saturated heterocycles. The number of benzene rings is 1. The number of ether oxygens (including phenoxy) is 1. The van der Waals surface area contributed by atoms with Gasteiger partial charge < -0.3 is 4.74 Å². The van der Waals surface area contributed by atoms with Gasteiger partial charge in [-0.25, -0.2) is 4.39 Å². The van der Waals surface area contributed by atoms with Crippen molar-refractivity contribution >= 4 is 17.4 Å². The molecule has 0 aliphatic carbocycles. The first-order chi connectivity index (χ1) is 8.93. The van der Waals surface area contributed by atoms with Crippen molar-refractivity contribution in [2.75, 3.05) is 26.3 Å². The van der Waals surface area contributed by atoms with Gasteiger partial charge in [-0.2, -0.15) is 0 Å². The summed E-state index contributed by atoms with van der Waals surface area (Å²) in [4.78, 5) is 14.6. The quantitative estimate of drug-likeness (QED) is 0.800. The van der Waals surface area contributed by atoms with Crippen LogP contribution in [0, 0.1) is 5.82 Å². The number of rotatable bonds is 3. The molecular weight excluding hydrogens is 269 g/mol. The van der Waals surface area contributed by atoms with Crippen LogP contribution in [-0.2, 0) is 4.74 Å². The number of halogens is 2. The summed E-state index contributed by atoms with van der Waals surface area (Å²) >= 11 is 6.01. The molecular formula is C14H17ClFNO2. The Kier molecular flexibility index (Phi) is 4.23. The van der Waals surface area contributed by atoms with Gasteiger partial charge in [-0.3, -0.25) is 9.69 Å². The Morgan fingerprint density at radius 2 is 2.00 bits per heavy atom. The predicted molar refractivity (Wildman–Crippen MR) is 72.2 cm³/mol. The molecule has 0 aromatic heterocycles. The predicted octanol–water partition coefficient (Wildman–Crippen LogP) is 2.77. The largest absolute Gasteiger partial charge is 0.379 e. The molecule has 5 heteroatoms. The third kappa shape index (κ3) is 2.96. The van der Waals surface area contributed by atoms with Crippen LogP contribution in [0.25, 0.3) is 0 Å². The first-order valence-electron chi connectivity index (χ1n) is 6.25. The highest BCUT2D eigenvalue weighted by Crippen LogP contribution is 2.26. The van der Waals surface area contributed by atoms with Gasteiger partial charge in [0.25, 0.3) is 0 Å². The molecule has 1 heterocycles. The van der Waals surface area contributed by atoms with E-state index in [4.69, 9.17) is 16.3 Å². The van der Waals surface area contributed by atoms with E-state index in [-0.39, 0.29) is 16.4 Å². The summed E-state index contributed by atoms with van der Waals surface area (Å²) < 4.78 is 18.6. The fourth-order valence-electron chi connectivity index (χ4n) is 2.27. The van der Waals surface area contributed by atoms with Crippen molar-refractivity contribution in [3.05, 3.63) is 34.6 Å². The number of carbonyl (C=O) groups is 1. The van der Waals surface area contributed by atoms with Crippen LogP contribution in [-0.4, -0.2) is 42.5 Å². The Balaban J connectivity index is 2.28. The maximum Gasteiger partial charge on any atom is 0.184 e. The number of Topliss-reactive ketones (excluding diaryl/α,β-unsaturated/α-hetero) is 1. The minimum absolute atomic E-state index is 0.168. The summed E-state index contributed by atoms with van der Waals surface area (Å²) in [5.74, 6) is -0.621. The van der Waals surface area contributed by atoms with Crippen LogP contribution in [0.5, 0.6) is 0 Å². The number of hydrogen-bond donors (Lipinski definition) is 0. The van der Waals surface area contributed by atoms with E-state index in [1.807, 2.05) is 18.7 Å². The molecule has 0 bridgehead atoms. The lowest BCUT2D eigenvalue weighted by molar-refractivity contribution is -0.00430. The molecule has 1 aromatic rings. The fraction of sp³-hybridized carbons (Fsp3) is 0.500. The Labute approximate surface area is 117 Å². The van der Waals surface area contributed by atoms with Gasteiger partial charge in [0.2, 0.25) is 0 Å². The second kappa shape index (κ2) is 5.57. The number of ketones is 1. The van der Waals surface area contributed by atoms with Crippen LogP contribution >= 0.6 is 11.6 Å². The molecule has 1 aromatic carbocycles. The minimum atomic E-state index is -0.721. The van der Waals surface area contributed by atoms with Crippen LogP contribution in [0.3, 0.4) is 0 Å². The standard InChI is InChI=1S/C14H17ClFNO2/c1-14(2,17-5-7-19-8-6-17)13(18)11-9-10(16)3-4-12(11)15/h3-4,9H,5-8H2,1-2H3. The molecule has 3 nitrogen and oxygen atoms in total. The van der Waals surface area contributed by atoms with Crippen molar-refractivity contribution in [1.82, 2.24) is 4.90 Å². The summed E-state index contributed by atoms with van der Waals surface area (Å²) in [6.07, 6.45) is 0. The Morgan fingerprint density at radius 3 is 2.63 bits per heavy atom. The second-order valence-electron chi connectivity index (χ2n) is 5.11. The molecule has 0 unspecified atom stereocenters. The highest BCUT2D eigenvalue weighted by Gasteiger charge is 2.36. The van der Waals surface area contributed by atoms with Gasteiger partial charge in [0.1, 0.15) is 5.82 Å². The van der Waals surface area contributed by atoms with Crippen LogP contribution < -0.4 is 0 Å². The molecule has 19 heavy (non-hydrogen) atoms. The SMILES string of the molecule is CC(C)(C(=O)c1cc(F)ccc1Cl)N1CCOCC1. The van der Waals surface area contributed by atoms with Crippen LogP contribution in [0.4, 0.5) is 4.39 Å². The number of nitrogens with zero attached hydrogens (tertiary/aromatic N) is 1. The monoisotopic (exact) mass is 285 g/mol. The third-order valence-electron chi connectivity index (χ3n) is 3.53. The van der Waals surface area contributed by atoms with Gasteiger partial charge >= 0.3 is 0 Å². The maximum absolute atomic E-state index is 13.3. The van der Waals surface area contributed by atoms with Gasteiger partial charge in [0, 0.05) is 18.7 Å². The van der Waals surface area contributed by atoms with Crippen molar-refractivity contribution < 1.29 is 13.9 Å². The molecule has 2 rings (SSSR count). The first kappa shape index (κ1) is 14.4. The molecule has 1 aliphatic heterocycles. The number of hydrogen-bond acceptors (Lipinski definition) is 3. The van der Waals surface area contributed by atoms with E-state index in [9.17, 15) is 9.18 Å². The highest BCUT2D eigenvalue weighted by molar-refractivity contribution is 6.34. The van der Waals surface area contributed by atoms with E-state index < -0.39 is 11.4 Å².